The summed E-state index contributed by atoms with van der Waals surface area (Å²) in [6.07, 6.45) is 0.896. The fourth-order valence-corrected chi connectivity index (χ4v) is 4.44. The molecule has 0 aliphatic carbocycles. The van der Waals surface area contributed by atoms with Crippen LogP contribution in [0, 0.1) is 0 Å². The fourth-order valence-electron chi connectivity index (χ4n) is 3.99. The van der Waals surface area contributed by atoms with Crippen molar-refractivity contribution in [3.63, 3.8) is 0 Å². The summed E-state index contributed by atoms with van der Waals surface area (Å²) in [6.45, 7) is 1.57. The molecule has 0 aliphatic heterocycles. The lowest BCUT2D eigenvalue weighted by atomic mass is 10.0. The van der Waals surface area contributed by atoms with Crippen LogP contribution in [0.1, 0.15) is 18.1 Å². The van der Waals surface area contributed by atoms with Crippen LogP contribution >= 0.6 is 23.2 Å². The van der Waals surface area contributed by atoms with Crippen molar-refractivity contribution in [1.82, 2.24) is 10.7 Å². The average molecular weight is 564 g/mol. The third kappa shape index (κ3) is 7.28. The van der Waals surface area contributed by atoms with Crippen molar-refractivity contribution in [1.29, 1.82) is 0 Å². The Balaban J connectivity index is 1.48. The molecule has 7 nitrogen and oxygen atoms in total. The van der Waals surface area contributed by atoms with E-state index in [1.54, 1.807) is 32.4 Å². The second-order valence-electron chi connectivity index (χ2n) is 8.72. The monoisotopic (exact) mass is 563 g/mol. The van der Waals surface area contributed by atoms with E-state index in [0.29, 0.717) is 10.8 Å². The number of rotatable bonds is 10. The lowest BCUT2D eigenvalue weighted by Crippen LogP contribution is -2.50. The second-order valence-corrected chi connectivity index (χ2v) is 9.57. The van der Waals surface area contributed by atoms with Gasteiger partial charge in [-0.2, -0.15) is 5.10 Å². The molecule has 4 aromatic rings. The molecule has 200 valence electrons. The number of nitrogens with zero attached hydrogens (tertiary/aromatic N) is 1. The zero-order valence-electron chi connectivity index (χ0n) is 21.4. The summed E-state index contributed by atoms with van der Waals surface area (Å²) >= 11 is 12.1. The van der Waals surface area contributed by atoms with Gasteiger partial charge in [0.25, 0.3) is 11.8 Å². The van der Waals surface area contributed by atoms with Gasteiger partial charge < -0.3 is 14.8 Å². The number of carbonyl (C=O) groups is 2. The molecule has 0 saturated carbocycles. The molecule has 0 radical (unpaired) electrons. The average Bonchev–Trinajstić information content (AvgIpc) is 2.94. The molecule has 2 N–H and O–H groups in total. The highest BCUT2D eigenvalue weighted by atomic mass is 35.5. The minimum absolute atomic E-state index is 0.258. The van der Waals surface area contributed by atoms with Crippen molar-refractivity contribution >= 4 is 52.0 Å². The summed E-state index contributed by atoms with van der Waals surface area (Å²) in [6, 6.07) is 24.7. The Bertz CT molecular complexity index is 1490. The number of hydrogen-bond acceptors (Lipinski definition) is 5. The maximum Gasteiger partial charge on any atom is 0.262 e. The second kappa shape index (κ2) is 13.1. The van der Waals surface area contributed by atoms with Gasteiger partial charge in [0.1, 0.15) is 17.5 Å². The van der Waals surface area contributed by atoms with Crippen LogP contribution in [-0.2, 0) is 16.0 Å². The summed E-state index contributed by atoms with van der Waals surface area (Å²) in [4.78, 5) is 26.2. The van der Waals surface area contributed by atoms with E-state index in [1.807, 2.05) is 66.7 Å². The first-order chi connectivity index (χ1) is 18.9. The zero-order chi connectivity index (χ0) is 27.8. The lowest BCUT2D eigenvalue weighted by molar-refractivity contribution is -0.132. The Morgan fingerprint density at radius 2 is 1.59 bits per heavy atom. The molecule has 0 spiro atoms. The largest absolute Gasteiger partial charge is 0.496 e. The SMILES string of the molecule is COc1ccc(/C=N\NC(=O)[C@H](Cc2ccccc2)NC(=O)[C@H](C)Oc2ccc(Cl)cc2Cl)c2ccccc12. The number of benzene rings is 4. The third-order valence-corrected chi connectivity index (χ3v) is 6.53. The van der Waals surface area contributed by atoms with Crippen LogP contribution in [-0.4, -0.2) is 37.3 Å². The van der Waals surface area contributed by atoms with Crippen molar-refractivity contribution in [3.8, 4) is 11.5 Å². The van der Waals surface area contributed by atoms with Crippen LogP contribution in [0.4, 0.5) is 0 Å². The van der Waals surface area contributed by atoms with Gasteiger partial charge in [-0.25, -0.2) is 5.43 Å². The molecule has 0 bridgehead atoms. The van der Waals surface area contributed by atoms with Crippen molar-refractivity contribution in [2.75, 3.05) is 7.11 Å². The minimum atomic E-state index is -0.927. The number of hydrazone groups is 1. The maximum absolute atomic E-state index is 13.2. The molecule has 0 aromatic heterocycles. The van der Waals surface area contributed by atoms with Crippen molar-refractivity contribution in [2.24, 2.45) is 5.10 Å². The topological polar surface area (TPSA) is 89.0 Å². The van der Waals surface area contributed by atoms with Gasteiger partial charge in [0.2, 0.25) is 0 Å². The van der Waals surface area contributed by atoms with Gasteiger partial charge in [-0.15, -0.1) is 0 Å². The van der Waals surface area contributed by atoms with E-state index in [2.05, 4.69) is 15.8 Å². The Morgan fingerprint density at radius 1 is 0.897 bits per heavy atom. The van der Waals surface area contributed by atoms with Crippen LogP contribution in [0.2, 0.25) is 10.0 Å². The number of ether oxygens (including phenoxy) is 2. The number of amides is 2. The molecule has 0 saturated heterocycles. The first-order valence-electron chi connectivity index (χ1n) is 12.2. The van der Waals surface area contributed by atoms with E-state index in [9.17, 15) is 9.59 Å². The predicted molar refractivity (Wildman–Crippen MR) is 155 cm³/mol. The summed E-state index contributed by atoms with van der Waals surface area (Å²) < 4.78 is 11.2. The van der Waals surface area contributed by atoms with Gasteiger partial charge in [-0.3, -0.25) is 9.59 Å². The normalized spacial score (nSPS) is 12.6. The van der Waals surface area contributed by atoms with Crippen LogP contribution in [0.5, 0.6) is 11.5 Å². The van der Waals surface area contributed by atoms with Gasteiger partial charge in [-0.1, -0.05) is 77.8 Å². The number of halogens is 2. The van der Waals surface area contributed by atoms with Crippen molar-refractivity contribution in [3.05, 3.63) is 106 Å². The van der Waals surface area contributed by atoms with Crippen molar-refractivity contribution < 1.29 is 19.1 Å². The highest BCUT2D eigenvalue weighted by molar-refractivity contribution is 6.35. The highest BCUT2D eigenvalue weighted by Gasteiger charge is 2.25. The highest BCUT2D eigenvalue weighted by Crippen LogP contribution is 2.29. The molecule has 2 atom stereocenters. The molecule has 9 heteroatoms. The quantitative estimate of drug-likeness (QED) is 0.188. The Morgan fingerprint density at radius 3 is 2.31 bits per heavy atom. The van der Waals surface area contributed by atoms with Crippen LogP contribution in [0.15, 0.2) is 90.0 Å². The minimum Gasteiger partial charge on any atom is -0.496 e. The van der Waals surface area contributed by atoms with E-state index in [1.165, 1.54) is 6.07 Å². The number of fused-ring (bicyclic) bond motifs is 1. The fraction of sp³-hybridized carbons (Fsp3) is 0.167. The van der Waals surface area contributed by atoms with Gasteiger partial charge in [0.15, 0.2) is 6.10 Å². The standard InChI is InChI=1S/C30H27Cl2N3O4/c1-19(39-28-15-13-22(31)17-25(28)32)29(36)34-26(16-20-8-4-3-5-9-20)30(37)35-33-18-21-12-14-27(38-2)24-11-7-6-10-23(21)24/h3-15,17-19,26H,16H2,1-2H3,(H,34,36)(H,35,37)/b33-18-/t19-,26-/m0/s1. The van der Waals surface area contributed by atoms with E-state index < -0.39 is 24.0 Å². The van der Waals surface area contributed by atoms with E-state index >= 15 is 0 Å². The Labute approximate surface area is 236 Å². The molecular weight excluding hydrogens is 537 g/mol. The number of carbonyl (C=O) groups excluding carboxylic acids is 2. The molecule has 0 heterocycles. The molecule has 39 heavy (non-hydrogen) atoms. The number of nitrogens with one attached hydrogen (secondary N) is 2. The molecule has 4 rings (SSSR count). The van der Waals surface area contributed by atoms with Gasteiger partial charge in [-0.05, 0) is 48.2 Å². The summed E-state index contributed by atoms with van der Waals surface area (Å²) in [5.74, 6) is 0.0953. The molecule has 0 fully saturated rings. The smallest absolute Gasteiger partial charge is 0.262 e. The molecule has 0 aliphatic rings. The van der Waals surface area contributed by atoms with Crippen LogP contribution < -0.4 is 20.2 Å². The summed E-state index contributed by atoms with van der Waals surface area (Å²) in [7, 11) is 1.62. The third-order valence-electron chi connectivity index (χ3n) is 6.00. The van der Waals surface area contributed by atoms with Gasteiger partial charge in [0.05, 0.1) is 18.3 Å². The summed E-state index contributed by atoms with van der Waals surface area (Å²) in [5, 5.41) is 9.53. The molecular formula is C30H27Cl2N3O4. The molecule has 0 unspecified atom stereocenters. The lowest BCUT2D eigenvalue weighted by Gasteiger charge is -2.21. The van der Waals surface area contributed by atoms with Gasteiger partial charge >= 0.3 is 0 Å². The van der Waals surface area contributed by atoms with E-state index in [4.69, 9.17) is 32.7 Å². The number of methoxy groups -OCH3 is 1. The molecule has 2 amide bonds. The van der Waals surface area contributed by atoms with E-state index in [0.717, 1.165) is 27.6 Å². The number of hydrogen-bond donors (Lipinski definition) is 2. The molecule has 4 aromatic carbocycles. The van der Waals surface area contributed by atoms with Crippen LogP contribution in [0.3, 0.4) is 0 Å². The Hall–Kier alpha value is -4.07. The zero-order valence-corrected chi connectivity index (χ0v) is 22.9. The van der Waals surface area contributed by atoms with Gasteiger partial charge in [0, 0.05) is 22.4 Å². The Kier molecular flexibility index (Phi) is 9.41. The predicted octanol–water partition coefficient (Wildman–Crippen LogP) is 5.80. The summed E-state index contributed by atoms with van der Waals surface area (Å²) in [5.41, 5.74) is 4.24. The van der Waals surface area contributed by atoms with E-state index in [-0.39, 0.29) is 11.4 Å². The maximum atomic E-state index is 13.2. The van der Waals surface area contributed by atoms with Crippen molar-refractivity contribution in [2.45, 2.75) is 25.5 Å². The first-order valence-corrected chi connectivity index (χ1v) is 13.0. The first kappa shape index (κ1) is 28.0. The van der Waals surface area contributed by atoms with Crippen LogP contribution in [0.25, 0.3) is 10.8 Å².